The molecule has 4 heteroatoms. The highest BCUT2D eigenvalue weighted by Crippen LogP contribution is 2.48. The molecule has 3 unspecified atom stereocenters. The maximum Gasteiger partial charge on any atom is 0.155 e. The first-order chi connectivity index (χ1) is 8.78. The molecule has 0 aromatic carbocycles. The lowest BCUT2D eigenvalue weighted by Gasteiger charge is -2.28. The van der Waals surface area contributed by atoms with Crippen molar-refractivity contribution < 1.29 is 0 Å². The van der Waals surface area contributed by atoms with E-state index < -0.39 is 0 Å². The summed E-state index contributed by atoms with van der Waals surface area (Å²) < 4.78 is 0. The maximum absolute atomic E-state index is 5.76. The molecule has 0 aliphatic heterocycles. The van der Waals surface area contributed by atoms with Crippen LogP contribution in [0.4, 0.5) is 5.82 Å². The van der Waals surface area contributed by atoms with Gasteiger partial charge in [-0.3, -0.25) is 0 Å². The number of hydrogen-bond donors (Lipinski definition) is 1. The van der Waals surface area contributed by atoms with E-state index in [9.17, 15) is 0 Å². The summed E-state index contributed by atoms with van der Waals surface area (Å²) in [6, 6.07) is 1.97. The minimum atomic E-state index is 0.534. The summed E-state index contributed by atoms with van der Waals surface area (Å²) in [4.78, 5) is 2.25. The molecule has 0 amide bonds. The van der Waals surface area contributed by atoms with Crippen LogP contribution in [-0.4, -0.2) is 23.8 Å². The number of fused-ring (bicyclic) bond motifs is 2. The molecule has 2 bridgehead atoms. The topological polar surface area (TPSA) is 55.0 Å². The molecule has 1 aromatic heterocycles. The molecule has 1 aromatic rings. The fourth-order valence-electron chi connectivity index (χ4n) is 3.87. The van der Waals surface area contributed by atoms with Gasteiger partial charge < -0.3 is 10.6 Å². The van der Waals surface area contributed by atoms with E-state index >= 15 is 0 Å². The summed E-state index contributed by atoms with van der Waals surface area (Å²) in [7, 11) is 2.12. The van der Waals surface area contributed by atoms with E-state index in [2.05, 4.69) is 22.1 Å². The fourth-order valence-corrected chi connectivity index (χ4v) is 3.87. The molecule has 2 aliphatic rings. The lowest BCUT2D eigenvalue weighted by Crippen LogP contribution is -2.30. The summed E-state index contributed by atoms with van der Waals surface area (Å²) in [5.41, 5.74) is 6.86. The van der Waals surface area contributed by atoms with E-state index in [0.29, 0.717) is 6.54 Å². The molecule has 2 fully saturated rings. The predicted molar refractivity (Wildman–Crippen MR) is 72.1 cm³/mol. The van der Waals surface area contributed by atoms with Gasteiger partial charge >= 0.3 is 0 Å². The van der Waals surface area contributed by atoms with Crippen LogP contribution in [-0.2, 0) is 6.54 Å². The average Bonchev–Trinajstić information content (AvgIpc) is 3.01. The molecule has 3 rings (SSSR count). The quantitative estimate of drug-likeness (QED) is 0.880. The number of rotatable bonds is 4. The normalized spacial score (nSPS) is 29.8. The highest BCUT2D eigenvalue weighted by molar-refractivity contribution is 5.44. The Hall–Kier alpha value is -1.16. The highest BCUT2D eigenvalue weighted by Gasteiger charge is 2.39. The minimum Gasteiger partial charge on any atom is -0.358 e. The van der Waals surface area contributed by atoms with Gasteiger partial charge in [-0.1, -0.05) is 6.42 Å². The Morgan fingerprint density at radius 3 is 2.94 bits per heavy atom. The zero-order valence-corrected chi connectivity index (χ0v) is 11.0. The van der Waals surface area contributed by atoms with Gasteiger partial charge in [0, 0.05) is 25.7 Å². The molecule has 18 heavy (non-hydrogen) atoms. The zero-order chi connectivity index (χ0) is 12.5. The standard InChI is InChI=1S/C14H22N4/c1-18(14-12(8-15)4-5-16-17-14)9-13-7-10-2-3-11(13)6-10/h4-5,10-11,13H,2-3,6-9,15H2,1H3. The second-order valence-electron chi connectivity index (χ2n) is 5.90. The van der Waals surface area contributed by atoms with Gasteiger partial charge in [0.1, 0.15) is 0 Å². The summed E-state index contributed by atoms with van der Waals surface area (Å²) >= 11 is 0. The van der Waals surface area contributed by atoms with E-state index in [1.54, 1.807) is 6.20 Å². The molecule has 2 saturated carbocycles. The van der Waals surface area contributed by atoms with Crippen LogP contribution in [0.5, 0.6) is 0 Å². The summed E-state index contributed by atoms with van der Waals surface area (Å²) in [6.07, 6.45) is 7.49. The Morgan fingerprint density at radius 1 is 1.39 bits per heavy atom. The first-order valence-electron chi connectivity index (χ1n) is 6.99. The van der Waals surface area contributed by atoms with Crippen molar-refractivity contribution in [1.29, 1.82) is 0 Å². The van der Waals surface area contributed by atoms with Gasteiger partial charge in [0.15, 0.2) is 5.82 Å². The molecule has 0 radical (unpaired) electrons. The smallest absolute Gasteiger partial charge is 0.155 e. The van der Waals surface area contributed by atoms with Gasteiger partial charge in [-0.2, -0.15) is 5.10 Å². The summed E-state index contributed by atoms with van der Waals surface area (Å²) in [5.74, 6) is 3.77. The van der Waals surface area contributed by atoms with Crippen LogP contribution in [0.15, 0.2) is 12.3 Å². The minimum absolute atomic E-state index is 0.534. The molecule has 1 heterocycles. The van der Waals surface area contributed by atoms with E-state index in [0.717, 1.165) is 35.7 Å². The first-order valence-corrected chi connectivity index (χ1v) is 6.99. The Bertz CT molecular complexity index is 420. The predicted octanol–water partition coefficient (Wildman–Crippen LogP) is 1.81. The second-order valence-corrected chi connectivity index (χ2v) is 5.90. The van der Waals surface area contributed by atoms with Gasteiger partial charge in [-0.25, -0.2) is 0 Å². The van der Waals surface area contributed by atoms with Crippen molar-refractivity contribution in [2.24, 2.45) is 23.5 Å². The van der Waals surface area contributed by atoms with Crippen LogP contribution in [0.25, 0.3) is 0 Å². The van der Waals surface area contributed by atoms with Crippen molar-refractivity contribution in [3.63, 3.8) is 0 Å². The fraction of sp³-hybridized carbons (Fsp3) is 0.714. The van der Waals surface area contributed by atoms with Crippen molar-refractivity contribution in [2.45, 2.75) is 32.2 Å². The van der Waals surface area contributed by atoms with E-state index in [-0.39, 0.29) is 0 Å². The summed E-state index contributed by atoms with van der Waals surface area (Å²) in [6.45, 7) is 1.64. The summed E-state index contributed by atoms with van der Waals surface area (Å²) in [5, 5.41) is 8.24. The molecule has 2 N–H and O–H groups in total. The molecule has 4 nitrogen and oxygen atoms in total. The SMILES string of the molecule is CN(CC1CC2CCC1C2)c1nnccc1CN. The second kappa shape index (κ2) is 4.84. The van der Waals surface area contributed by atoms with Gasteiger partial charge in [0.2, 0.25) is 0 Å². The molecular weight excluding hydrogens is 224 g/mol. The van der Waals surface area contributed by atoms with Crippen LogP contribution in [0, 0.1) is 17.8 Å². The molecule has 0 saturated heterocycles. The number of nitrogens with zero attached hydrogens (tertiary/aromatic N) is 3. The third kappa shape index (κ3) is 2.09. The van der Waals surface area contributed by atoms with Crippen LogP contribution < -0.4 is 10.6 Å². The molecular formula is C14H22N4. The Morgan fingerprint density at radius 2 is 2.28 bits per heavy atom. The van der Waals surface area contributed by atoms with Gasteiger partial charge in [-0.15, -0.1) is 5.10 Å². The first kappa shape index (κ1) is 11.9. The number of anilines is 1. The highest BCUT2D eigenvalue weighted by atomic mass is 15.2. The van der Waals surface area contributed by atoms with Crippen LogP contribution >= 0.6 is 0 Å². The van der Waals surface area contributed by atoms with E-state index in [1.165, 1.54) is 25.7 Å². The van der Waals surface area contributed by atoms with Crippen molar-refractivity contribution in [3.8, 4) is 0 Å². The Kier molecular flexibility index (Phi) is 3.20. The molecule has 3 atom stereocenters. The molecule has 2 aliphatic carbocycles. The Labute approximate surface area is 109 Å². The van der Waals surface area contributed by atoms with Gasteiger partial charge in [-0.05, 0) is 43.1 Å². The van der Waals surface area contributed by atoms with Crippen molar-refractivity contribution in [3.05, 3.63) is 17.8 Å². The number of hydrogen-bond acceptors (Lipinski definition) is 4. The average molecular weight is 246 g/mol. The lowest BCUT2D eigenvalue weighted by atomic mass is 9.88. The molecule has 98 valence electrons. The van der Waals surface area contributed by atoms with Gasteiger partial charge in [0.25, 0.3) is 0 Å². The Balaban J connectivity index is 1.69. The third-order valence-corrected chi connectivity index (χ3v) is 4.76. The monoisotopic (exact) mass is 246 g/mol. The van der Waals surface area contributed by atoms with Crippen LogP contribution in [0.1, 0.15) is 31.2 Å². The largest absolute Gasteiger partial charge is 0.358 e. The lowest BCUT2D eigenvalue weighted by molar-refractivity contribution is 0.337. The number of aromatic nitrogens is 2. The molecule has 0 spiro atoms. The van der Waals surface area contributed by atoms with Crippen LogP contribution in [0.2, 0.25) is 0 Å². The third-order valence-electron chi connectivity index (χ3n) is 4.76. The van der Waals surface area contributed by atoms with Gasteiger partial charge in [0.05, 0.1) is 6.20 Å². The van der Waals surface area contributed by atoms with Crippen molar-refractivity contribution in [2.75, 3.05) is 18.5 Å². The van der Waals surface area contributed by atoms with E-state index in [4.69, 9.17) is 5.73 Å². The van der Waals surface area contributed by atoms with Crippen molar-refractivity contribution >= 4 is 5.82 Å². The maximum atomic E-state index is 5.76. The zero-order valence-electron chi connectivity index (χ0n) is 11.0. The van der Waals surface area contributed by atoms with Crippen molar-refractivity contribution in [1.82, 2.24) is 10.2 Å². The van der Waals surface area contributed by atoms with Crippen LogP contribution in [0.3, 0.4) is 0 Å². The van der Waals surface area contributed by atoms with E-state index in [1.807, 2.05) is 6.07 Å². The number of nitrogens with two attached hydrogens (primary N) is 1.